The lowest BCUT2D eigenvalue weighted by atomic mass is 9.73. The standard InChI is InChI=1S/C42H42F6N2O2/c43-41(44,45)27-50-39(52)40(36-14-5-3-11-33(36)34-12-4-6-15-37(34)40)25-8-26-49-31-23-17-28(18-24-31)9-7-16-38(51)35-13-2-1-10-32(35)29-19-21-30(22-20-29)42(46,47)48/h1-6,10-15,19-22,28,31,49H,7-9,16-18,23-27H2,(H,50,52). The van der Waals surface area contributed by atoms with Crippen LogP contribution >= 0.6 is 0 Å². The Morgan fingerprint density at radius 3 is 1.87 bits per heavy atom. The van der Waals surface area contributed by atoms with E-state index in [-0.39, 0.29) is 5.78 Å². The first kappa shape index (κ1) is 37.3. The molecule has 2 aliphatic carbocycles. The summed E-state index contributed by atoms with van der Waals surface area (Å²) < 4.78 is 78.7. The molecule has 10 heteroatoms. The highest BCUT2D eigenvalue weighted by Gasteiger charge is 2.49. The molecule has 0 aromatic heterocycles. The number of alkyl halides is 6. The molecule has 0 heterocycles. The molecule has 0 aliphatic heterocycles. The van der Waals surface area contributed by atoms with Crippen molar-refractivity contribution in [2.24, 2.45) is 5.92 Å². The van der Waals surface area contributed by atoms with Crippen molar-refractivity contribution in [3.05, 3.63) is 119 Å². The molecule has 4 aromatic rings. The second kappa shape index (κ2) is 15.7. The van der Waals surface area contributed by atoms with Gasteiger partial charge in [-0.05, 0) is 103 Å². The minimum Gasteiger partial charge on any atom is -0.346 e. The van der Waals surface area contributed by atoms with Crippen LogP contribution in [-0.4, -0.2) is 37.0 Å². The largest absolute Gasteiger partial charge is 0.416 e. The number of halogens is 6. The molecule has 4 aromatic carbocycles. The monoisotopic (exact) mass is 720 g/mol. The second-order valence-electron chi connectivity index (χ2n) is 14.0. The van der Waals surface area contributed by atoms with Crippen molar-refractivity contribution in [1.29, 1.82) is 0 Å². The summed E-state index contributed by atoms with van der Waals surface area (Å²) in [6, 6.07) is 27.1. The smallest absolute Gasteiger partial charge is 0.346 e. The van der Waals surface area contributed by atoms with E-state index in [1.54, 1.807) is 24.3 Å². The van der Waals surface area contributed by atoms with Gasteiger partial charge in [0.25, 0.3) is 0 Å². The number of fused-ring (bicyclic) bond motifs is 3. The predicted octanol–water partition coefficient (Wildman–Crippen LogP) is 10.3. The van der Waals surface area contributed by atoms with E-state index in [2.05, 4.69) is 10.6 Å². The zero-order chi connectivity index (χ0) is 36.9. The first-order valence-electron chi connectivity index (χ1n) is 17.9. The van der Waals surface area contributed by atoms with Gasteiger partial charge >= 0.3 is 12.4 Å². The second-order valence-corrected chi connectivity index (χ2v) is 14.0. The number of amides is 1. The zero-order valence-electron chi connectivity index (χ0n) is 28.8. The van der Waals surface area contributed by atoms with Crippen LogP contribution < -0.4 is 10.6 Å². The molecule has 0 atom stereocenters. The highest BCUT2D eigenvalue weighted by Crippen LogP contribution is 2.51. The van der Waals surface area contributed by atoms with Crippen LogP contribution in [0.1, 0.15) is 84.8 Å². The number of carbonyl (C=O) groups is 2. The molecule has 6 rings (SSSR count). The highest BCUT2D eigenvalue weighted by molar-refractivity contribution is 6.02. The summed E-state index contributed by atoms with van der Waals surface area (Å²) >= 11 is 0. The molecule has 0 spiro atoms. The quantitative estimate of drug-likeness (QED) is 0.0822. The topological polar surface area (TPSA) is 58.2 Å². The Bertz CT molecular complexity index is 1810. The fourth-order valence-corrected chi connectivity index (χ4v) is 8.10. The lowest BCUT2D eigenvalue weighted by Crippen LogP contribution is -2.47. The molecule has 1 fully saturated rings. The summed E-state index contributed by atoms with van der Waals surface area (Å²) in [5.41, 5.74) is 2.98. The van der Waals surface area contributed by atoms with Crippen molar-refractivity contribution >= 4 is 11.7 Å². The molecular weight excluding hydrogens is 678 g/mol. The molecule has 274 valence electrons. The first-order chi connectivity index (χ1) is 24.9. The number of carbonyl (C=O) groups excluding carboxylic acids is 2. The van der Waals surface area contributed by atoms with Gasteiger partial charge in [0, 0.05) is 18.0 Å². The molecule has 0 radical (unpaired) electrons. The van der Waals surface area contributed by atoms with Crippen LogP contribution in [-0.2, 0) is 16.4 Å². The van der Waals surface area contributed by atoms with Crippen LogP contribution in [0.2, 0.25) is 0 Å². The van der Waals surface area contributed by atoms with Crippen LogP contribution in [0, 0.1) is 5.92 Å². The highest BCUT2D eigenvalue weighted by atomic mass is 19.4. The van der Waals surface area contributed by atoms with E-state index in [1.807, 2.05) is 48.5 Å². The van der Waals surface area contributed by atoms with Gasteiger partial charge in [-0.1, -0.05) is 91.3 Å². The molecule has 2 aliphatic rings. The number of Topliss-reactive ketones (excluding diaryl/α,β-unsaturated/α-hetero) is 1. The molecule has 1 saturated carbocycles. The van der Waals surface area contributed by atoms with Gasteiger partial charge in [-0.15, -0.1) is 0 Å². The third-order valence-electron chi connectivity index (χ3n) is 10.7. The van der Waals surface area contributed by atoms with E-state index in [1.165, 1.54) is 12.1 Å². The van der Waals surface area contributed by atoms with Crippen molar-refractivity contribution < 1.29 is 35.9 Å². The van der Waals surface area contributed by atoms with Gasteiger partial charge in [-0.3, -0.25) is 9.59 Å². The summed E-state index contributed by atoms with van der Waals surface area (Å²) in [7, 11) is 0. The molecule has 4 nitrogen and oxygen atoms in total. The van der Waals surface area contributed by atoms with Crippen LogP contribution in [0.25, 0.3) is 22.3 Å². The Hall–Kier alpha value is -4.44. The van der Waals surface area contributed by atoms with E-state index in [0.717, 1.165) is 72.9 Å². The van der Waals surface area contributed by atoms with Gasteiger partial charge in [-0.2, -0.15) is 26.3 Å². The fourth-order valence-electron chi connectivity index (χ4n) is 8.10. The summed E-state index contributed by atoms with van der Waals surface area (Å²) in [4.78, 5) is 26.9. The summed E-state index contributed by atoms with van der Waals surface area (Å²) in [6.07, 6.45) is -2.02. The molecule has 52 heavy (non-hydrogen) atoms. The van der Waals surface area contributed by atoms with Crippen molar-refractivity contribution in [1.82, 2.24) is 10.6 Å². The number of hydrogen-bond donors (Lipinski definition) is 2. The van der Waals surface area contributed by atoms with Crippen molar-refractivity contribution in [2.75, 3.05) is 13.1 Å². The molecule has 0 bridgehead atoms. The van der Waals surface area contributed by atoms with E-state index >= 15 is 0 Å². The Balaban J connectivity index is 0.989. The number of benzene rings is 4. The minimum atomic E-state index is -4.52. The third-order valence-corrected chi connectivity index (χ3v) is 10.7. The number of rotatable bonds is 13. The van der Waals surface area contributed by atoms with Crippen molar-refractivity contribution in [3.63, 3.8) is 0 Å². The number of nitrogens with one attached hydrogen (secondary N) is 2. The number of ketones is 1. The lowest BCUT2D eigenvalue weighted by Gasteiger charge is -2.32. The maximum Gasteiger partial charge on any atom is 0.416 e. The molecule has 0 saturated heterocycles. The van der Waals surface area contributed by atoms with Crippen LogP contribution in [0.4, 0.5) is 26.3 Å². The average Bonchev–Trinajstić information content (AvgIpc) is 3.43. The lowest BCUT2D eigenvalue weighted by molar-refractivity contribution is -0.141. The molecule has 0 unspecified atom stereocenters. The van der Waals surface area contributed by atoms with Crippen LogP contribution in [0.5, 0.6) is 0 Å². The Morgan fingerprint density at radius 1 is 0.692 bits per heavy atom. The Morgan fingerprint density at radius 2 is 1.27 bits per heavy atom. The fraction of sp³-hybridized carbons (Fsp3) is 0.381. The summed E-state index contributed by atoms with van der Waals surface area (Å²) in [5.74, 6) is -0.171. The Labute approximate surface area is 300 Å². The van der Waals surface area contributed by atoms with Gasteiger partial charge in [-0.25, -0.2) is 0 Å². The zero-order valence-corrected chi connectivity index (χ0v) is 28.8. The summed E-state index contributed by atoms with van der Waals surface area (Å²) in [6.45, 7) is -0.760. The SMILES string of the molecule is O=C(CCCC1CCC(NCCCC2(C(=O)NCC(F)(F)F)c3ccccc3-c3ccccc32)CC1)c1ccccc1-c1ccc(C(F)(F)F)cc1. The van der Waals surface area contributed by atoms with Crippen LogP contribution in [0.3, 0.4) is 0 Å². The predicted molar refractivity (Wildman–Crippen MR) is 190 cm³/mol. The Kier molecular flexibility index (Phi) is 11.2. The van der Waals surface area contributed by atoms with Crippen molar-refractivity contribution in [3.8, 4) is 22.3 Å². The van der Waals surface area contributed by atoms with Gasteiger partial charge in [0.1, 0.15) is 12.0 Å². The average molecular weight is 721 g/mol. The van der Waals surface area contributed by atoms with E-state index in [0.29, 0.717) is 54.5 Å². The molecule has 2 N–H and O–H groups in total. The van der Waals surface area contributed by atoms with Gasteiger partial charge in [0.2, 0.25) is 5.91 Å². The van der Waals surface area contributed by atoms with Crippen molar-refractivity contribution in [2.45, 2.75) is 81.6 Å². The normalized spacial score (nSPS) is 18.0. The maximum atomic E-state index is 13.7. The van der Waals surface area contributed by atoms with Crippen LogP contribution in [0.15, 0.2) is 97.1 Å². The van der Waals surface area contributed by atoms with Gasteiger partial charge in [0.05, 0.1) is 5.56 Å². The maximum absolute atomic E-state index is 13.7. The summed E-state index contributed by atoms with van der Waals surface area (Å²) in [5, 5.41) is 5.82. The van der Waals surface area contributed by atoms with Gasteiger partial charge in [0.15, 0.2) is 5.78 Å². The molecular formula is C42H42F6N2O2. The minimum absolute atomic E-state index is 0.0248. The molecule has 1 amide bonds. The third kappa shape index (κ3) is 8.27. The van der Waals surface area contributed by atoms with E-state index in [4.69, 9.17) is 0 Å². The van der Waals surface area contributed by atoms with E-state index < -0.39 is 35.8 Å². The van der Waals surface area contributed by atoms with E-state index in [9.17, 15) is 35.9 Å². The first-order valence-corrected chi connectivity index (χ1v) is 17.9. The van der Waals surface area contributed by atoms with Gasteiger partial charge < -0.3 is 10.6 Å². The number of hydrogen-bond acceptors (Lipinski definition) is 3.